The number of carboxylic acid groups (broad SMARTS) is 1. The Morgan fingerprint density at radius 1 is 1.35 bits per heavy atom. The lowest BCUT2D eigenvalue weighted by Gasteiger charge is -1.98. The maximum absolute atomic E-state index is 10.7. The fraction of sp³-hybridized carbons (Fsp3) is 0.154. The lowest BCUT2D eigenvalue weighted by atomic mass is 10.3. The third-order valence-corrected chi connectivity index (χ3v) is 3.59. The zero-order valence-corrected chi connectivity index (χ0v) is 11.2. The number of aromatic carboxylic acids is 1. The van der Waals surface area contributed by atoms with Crippen molar-refractivity contribution >= 4 is 34.4 Å². The Hall–Kier alpha value is -2.41. The van der Waals surface area contributed by atoms with Crippen LogP contribution in [0.25, 0.3) is 11.1 Å². The van der Waals surface area contributed by atoms with E-state index in [-0.39, 0.29) is 5.69 Å². The van der Waals surface area contributed by atoms with E-state index in [0.717, 1.165) is 16.1 Å². The lowest BCUT2D eigenvalue weighted by Crippen LogP contribution is -2.05. The summed E-state index contributed by atoms with van der Waals surface area (Å²) < 4.78 is 5.52. The summed E-state index contributed by atoms with van der Waals surface area (Å²) in [5.41, 5.74) is 1.63. The molecule has 0 aliphatic heterocycles. The van der Waals surface area contributed by atoms with Crippen LogP contribution in [0.5, 0.6) is 0 Å². The Morgan fingerprint density at radius 3 is 2.95 bits per heavy atom. The van der Waals surface area contributed by atoms with E-state index in [1.54, 1.807) is 0 Å². The van der Waals surface area contributed by atoms with E-state index in [4.69, 9.17) is 9.52 Å². The highest BCUT2D eigenvalue weighted by Gasteiger charge is 2.09. The molecule has 2 heterocycles. The number of fused-ring (bicyclic) bond motifs is 1. The molecular formula is C13H11N3O3S. The molecular weight excluding hydrogens is 278 g/mol. The Bertz CT molecular complexity index is 717. The number of benzene rings is 1. The van der Waals surface area contributed by atoms with Crippen LogP contribution >= 0.6 is 11.3 Å². The van der Waals surface area contributed by atoms with Crippen LogP contribution in [0.4, 0.5) is 6.01 Å². The average Bonchev–Trinajstić information content (AvgIpc) is 3.04. The molecule has 7 heteroatoms. The molecule has 0 spiro atoms. The van der Waals surface area contributed by atoms with Crippen molar-refractivity contribution in [3.8, 4) is 0 Å². The molecule has 0 saturated carbocycles. The quantitative estimate of drug-likeness (QED) is 0.750. The first-order chi connectivity index (χ1) is 9.72. The monoisotopic (exact) mass is 289 g/mol. The Kier molecular flexibility index (Phi) is 3.34. The molecule has 3 aromatic rings. The molecule has 0 saturated heterocycles. The van der Waals surface area contributed by atoms with Gasteiger partial charge in [0.1, 0.15) is 5.52 Å². The van der Waals surface area contributed by atoms with E-state index in [2.05, 4.69) is 15.3 Å². The minimum Gasteiger partial charge on any atom is -0.476 e. The molecule has 20 heavy (non-hydrogen) atoms. The van der Waals surface area contributed by atoms with Gasteiger partial charge in [-0.2, -0.15) is 4.98 Å². The Morgan fingerprint density at radius 2 is 2.20 bits per heavy atom. The van der Waals surface area contributed by atoms with Crippen molar-refractivity contribution in [3.05, 3.63) is 40.3 Å². The van der Waals surface area contributed by atoms with Gasteiger partial charge in [-0.1, -0.05) is 12.1 Å². The molecule has 0 unspecified atom stereocenters. The number of thiazole rings is 1. The predicted molar refractivity (Wildman–Crippen MR) is 75.3 cm³/mol. The highest BCUT2D eigenvalue weighted by Crippen LogP contribution is 2.18. The number of rotatable bonds is 5. The highest BCUT2D eigenvalue weighted by molar-refractivity contribution is 7.09. The van der Waals surface area contributed by atoms with E-state index in [1.807, 2.05) is 24.3 Å². The molecule has 102 valence electrons. The minimum absolute atomic E-state index is 0.0897. The van der Waals surface area contributed by atoms with Crippen LogP contribution in [0.3, 0.4) is 0 Å². The van der Waals surface area contributed by atoms with Crippen LogP contribution in [0.15, 0.2) is 34.1 Å². The summed E-state index contributed by atoms with van der Waals surface area (Å²) in [5.74, 6) is -1.00. The summed E-state index contributed by atoms with van der Waals surface area (Å²) in [6, 6.07) is 7.98. The lowest BCUT2D eigenvalue weighted by molar-refractivity contribution is 0.0691. The van der Waals surface area contributed by atoms with Gasteiger partial charge in [0.2, 0.25) is 0 Å². The van der Waals surface area contributed by atoms with Gasteiger partial charge in [0.25, 0.3) is 6.01 Å². The van der Waals surface area contributed by atoms with Crippen LogP contribution < -0.4 is 5.32 Å². The number of hydrogen-bond acceptors (Lipinski definition) is 6. The third-order valence-electron chi connectivity index (χ3n) is 2.68. The summed E-state index contributed by atoms with van der Waals surface area (Å²) in [4.78, 5) is 19.0. The number of nitrogens with zero attached hydrogens (tertiary/aromatic N) is 2. The first-order valence-corrected chi connectivity index (χ1v) is 6.87. The largest absolute Gasteiger partial charge is 0.476 e. The zero-order valence-electron chi connectivity index (χ0n) is 10.4. The molecule has 0 aliphatic rings. The van der Waals surface area contributed by atoms with Gasteiger partial charge in [-0.25, -0.2) is 9.78 Å². The van der Waals surface area contributed by atoms with Gasteiger partial charge in [0.15, 0.2) is 11.3 Å². The first-order valence-electron chi connectivity index (χ1n) is 5.99. The smallest absolute Gasteiger partial charge is 0.355 e. The summed E-state index contributed by atoms with van der Waals surface area (Å²) in [5, 5.41) is 14.2. The van der Waals surface area contributed by atoms with Crippen LogP contribution in [0, 0.1) is 0 Å². The summed E-state index contributed by atoms with van der Waals surface area (Å²) in [7, 11) is 0. The standard InChI is InChI=1S/C13H11N3O3S/c17-12(18)9-7-20-11(15-9)5-6-14-13-16-8-3-1-2-4-10(8)19-13/h1-4,7H,5-6H2,(H,14,16)(H,17,18). The Labute approximate surface area is 118 Å². The van der Waals surface area contributed by atoms with Crippen LogP contribution in [-0.4, -0.2) is 27.6 Å². The van der Waals surface area contributed by atoms with Crippen molar-refractivity contribution in [2.75, 3.05) is 11.9 Å². The molecule has 0 fully saturated rings. The number of para-hydroxylation sites is 2. The van der Waals surface area contributed by atoms with E-state index in [1.165, 1.54) is 16.7 Å². The van der Waals surface area contributed by atoms with Crippen LogP contribution in [0.2, 0.25) is 0 Å². The molecule has 0 bridgehead atoms. The zero-order chi connectivity index (χ0) is 13.9. The van der Waals surface area contributed by atoms with Crippen LogP contribution in [-0.2, 0) is 6.42 Å². The van der Waals surface area contributed by atoms with E-state index >= 15 is 0 Å². The predicted octanol–water partition coefficient (Wildman–Crippen LogP) is 2.64. The van der Waals surface area contributed by atoms with Gasteiger partial charge in [-0.05, 0) is 12.1 Å². The van der Waals surface area contributed by atoms with E-state index in [9.17, 15) is 4.79 Å². The minimum atomic E-state index is -1.00. The molecule has 2 N–H and O–H groups in total. The Balaban J connectivity index is 1.60. The van der Waals surface area contributed by atoms with Crippen molar-refractivity contribution in [2.45, 2.75) is 6.42 Å². The maximum Gasteiger partial charge on any atom is 0.355 e. The number of hydrogen-bond donors (Lipinski definition) is 2. The number of anilines is 1. The topological polar surface area (TPSA) is 88.2 Å². The van der Waals surface area contributed by atoms with Crippen molar-refractivity contribution in [1.82, 2.24) is 9.97 Å². The van der Waals surface area contributed by atoms with Gasteiger partial charge >= 0.3 is 5.97 Å². The van der Waals surface area contributed by atoms with Gasteiger partial charge in [0, 0.05) is 18.3 Å². The number of carboxylic acids is 1. The van der Waals surface area contributed by atoms with Crippen LogP contribution in [0.1, 0.15) is 15.5 Å². The second-order valence-electron chi connectivity index (χ2n) is 4.10. The van der Waals surface area contributed by atoms with Crippen molar-refractivity contribution in [2.24, 2.45) is 0 Å². The average molecular weight is 289 g/mol. The summed E-state index contributed by atoms with van der Waals surface area (Å²) in [6.07, 6.45) is 0.622. The molecule has 0 aliphatic carbocycles. The third kappa shape index (κ3) is 2.62. The molecule has 0 amide bonds. The molecule has 0 atom stereocenters. The fourth-order valence-corrected chi connectivity index (χ4v) is 2.52. The number of oxazole rings is 1. The number of aromatic nitrogens is 2. The van der Waals surface area contributed by atoms with Crippen molar-refractivity contribution in [1.29, 1.82) is 0 Å². The molecule has 6 nitrogen and oxygen atoms in total. The van der Waals surface area contributed by atoms with Gasteiger partial charge in [-0.15, -0.1) is 11.3 Å². The maximum atomic E-state index is 10.7. The second kappa shape index (κ2) is 5.30. The number of carbonyl (C=O) groups is 1. The fourth-order valence-electron chi connectivity index (χ4n) is 1.75. The van der Waals surface area contributed by atoms with Gasteiger partial charge in [-0.3, -0.25) is 0 Å². The summed E-state index contributed by atoms with van der Waals surface area (Å²) >= 11 is 1.34. The molecule has 2 aromatic heterocycles. The molecule has 3 rings (SSSR count). The normalized spacial score (nSPS) is 10.8. The first kappa shape index (κ1) is 12.6. The molecule has 0 radical (unpaired) electrons. The number of nitrogens with one attached hydrogen (secondary N) is 1. The van der Waals surface area contributed by atoms with Crippen molar-refractivity contribution in [3.63, 3.8) is 0 Å². The molecule has 1 aromatic carbocycles. The highest BCUT2D eigenvalue weighted by atomic mass is 32.1. The van der Waals surface area contributed by atoms with Gasteiger partial charge in [0.05, 0.1) is 5.01 Å². The second-order valence-corrected chi connectivity index (χ2v) is 5.04. The van der Waals surface area contributed by atoms with E-state index in [0.29, 0.717) is 19.0 Å². The summed E-state index contributed by atoms with van der Waals surface area (Å²) in [6.45, 7) is 0.583. The van der Waals surface area contributed by atoms with Crippen molar-refractivity contribution < 1.29 is 14.3 Å². The van der Waals surface area contributed by atoms with E-state index < -0.39 is 5.97 Å². The van der Waals surface area contributed by atoms with Gasteiger partial charge < -0.3 is 14.8 Å². The SMILES string of the molecule is O=C(O)c1csc(CCNc2nc3ccccc3o2)n1.